The third-order valence-corrected chi connectivity index (χ3v) is 3.19. The quantitative estimate of drug-likeness (QED) is 0.605. The van der Waals surface area contributed by atoms with Crippen molar-refractivity contribution in [2.45, 2.75) is 40.5 Å². The molecule has 0 aliphatic heterocycles. The molecule has 0 heterocycles. The first-order valence-corrected chi connectivity index (χ1v) is 7.07. The second-order valence-corrected chi connectivity index (χ2v) is 4.47. The molecule has 0 amide bonds. The summed E-state index contributed by atoms with van der Waals surface area (Å²) in [7, 11) is 0. The maximum atomic E-state index is 13.5. The van der Waals surface area contributed by atoms with Gasteiger partial charge in [0.2, 0.25) is 0 Å². The molecule has 0 bridgehead atoms. The maximum absolute atomic E-state index is 13.5. The van der Waals surface area contributed by atoms with Crippen LogP contribution in [0, 0.1) is 10.7 Å². The molecule has 1 aromatic carbocycles. The highest BCUT2D eigenvalue weighted by Crippen LogP contribution is 2.38. The van der Waals surface area contributed by atoms with Crippen molar-refractivity contribution in [1.29, 1.82) is 0 Å². The van der Waals surface area contributed by atoms with Crippen LogP contribution in [0.4, 0.5) is 10.1 Å². The first-order chi connectivity index (χ1) is 10.1. The van der Waals surface area contributed by atoms with Crippen LogP contribution in [-0.4, -0.2) is 12.6 Å². The lowest BCUT2D eigenvalue weighted by atomic mass is 10.0. The molecule has 0 radical (unpaired) electrons. The summed E-state index contributed by atoms with van der Waals surface area (Å²) in [6.45, 7) is 7.95. The van der Waals surface area contributed by atoms with E-state index in [1.54, 1.807) is 6.92 Å². The molecule has 2 rings (SSSR count). The summed E-state index contributed by atoms with van der Waals surface area (Å²) in [6.07, 6.45) is 0.719. The number of nitrogens with zero attached hydrogens (tertiary/aromatic N) is 1. The van der Waals surface area contributed by atoms with E-state index in [4.69, 9.17) is 4.74 Å². The molecule has 0 unspecified atom stereocenters. The van der Waals surface area contributed by atoms with Crippen molar-refractivity contribution < 1.29 is 13.9 Å². The van der Waals surface area contributed by atoms with Crippen LogP contribution >= 0.6 is 0 Å². The molecule has 114 valence electrons. The minimum Gasteiger partial charge on any atom is -0.466 e. The Bertz CT molecular complexity index is 579. The first-order valence-electron chi connectivity index (χ1n) is 7.07. The Kier molecular flexibility index (Phi) is 6.21. The van der Waals surface area contributed by atoms with E-state index >= 15 is 0 Å². The van der Waals surface area contributed by atoms with Crippen LogP contribution in [0.3, 0.4) is 0 Å². The monoisotopic (exact) mass is 293 g/mol. The molecule has 1 aliphatic rings. The summed E-state index contributed by atoms with van der Waals surface area (Å²) >= 11 is 0. The van der Waals surface area contributed by atoms with Crippen molar-refractivity contribution in [3.05, 3.63) is 39.6 Å². The number of esters is 1. The van der Waals surface area contributed by atoms with Gasteiger partial charge in [0.15, 0.2) is 5.82 Å². The van der Waals surface area contributed by atoms with Crippen LogP contribution in [0.1, 0.15) is 45.2 Å². The highest BCUT2D eigenvalue weighted by atomic mass is 19.1. The normalized spacial score (nSPS) is 12.4. The predicted octanol–water partition coefficient (Wildman–Crippen LogP) is 4.53. The van der Waals surface area contributed by atoms with Gasteiger partial charge in [0.1, 0.15) is 5.69 Å². The average Bonchev–Trinajstić information content (AvgIpc) is 2.76. The van der Waals surface area contributed by atoms with Gasteiger partial charge in [-0.2, -0.15) is 0 Å². The smallest absolute Gasteiger partial charge is 0.310 e. The number of carbonyl (C=O) groups is 1. The zero-order valence-electron chi connectivity index (χ0n) is 12.8. The van der Waals surface area contributed by atoms with Crippen molar-refractivity contribution in [3.8, 4) is 0 Å². The first kappa shape index (κ1) is 17.0. The number of ether oxygens (including phenoxy) is 1. The minimum absolute atomic E-state index is 0.136. The number of halogens is 1. The van der Waals surface area contributed by atoms with Crippen LogP contribution in [0.2, 0.25) is 0 Å². The zero-order valence-corrected chi connectivity index (χ0v) is 12.8. The Hall–Kier alpha value is -2.04. The SMILES string of the molecule is CC.CCOC(=O)CC1=C(C)Cc2cc(F)c(N=O)cc21. The molecule has 0 N–H and O–H groups in total. The van der Waals surface area contributed by atoms with Gasteiger partial charge in [-0.05, 0) is 54.3 Å². The number of hydrogen-bond donors (Lipinski definition) is 0. The van der Waals surface area contributed by atoms with Crippen LogP contribution in [0.25, 0.3) is 5.57 Å². The predicted molar refractivity (Wildman–Crippen MR) is 80.8 cm³/mol. The average molecular weight is 293 g/mol. The molecule has 0 saturated heterocycles. The third kappa shape index (κ3) is 3.74. The number of nitroso groups, excluding NO2 is 1. The fourth-order valence-electron chi connectivity index (χ4n) is 2.32. The fourth-order valence-corrected chi connectivity index (χ4v) is 2.32. The highest BCUT2D eigenvalue weighted by molar-refractivity contribution is 5.90. The van der Waals surface area contributed by atoms with Crippen LogP contribution in [-0.2, 0) is 16.0 Å². The Morgan fingerprint density at radius 2 is 2.05 bits per heavy atom. The van der Waals surface area contributed by atoms with E-state index in [2.05, 4.69) is 5.18 Å². The van der Waals surface area contributed by atoms with Crippen molar-refractivity contribution in [1.82, 2.24) is 0 Å². The second-order valence-electron chi connectivity index (χ2n) is 4.47. The fraction of sp³-hybridized carbons (Fsp3) is 0.438. The van der Waals surface area contributed by atoms with Gasteiger partial charge in [-0.3, -0.25) is 4.79 Å². The molecule has 0 spiro atoms. The van der Waals surface area contributed by atoms with E-state index < -0.39 is 5.82 Å². The maximum Gasteiger partial charge on any atom is 0.310 e. The van der Waals surface area contributed by atoms with Gasteiger partial charge < -0.3 is 4.74 Å². The van der Waals surface area contributed by atoms with E-state index in [0.717, 1.165) is 22.3 Å². The lowest BCUT2D eigenvalue weighted by Gasteiger charge is -2.07. The van der Waals surface area contributed by atoms with E-state index in [0.29, 0.717) is 13.0 Å². The summed E-state index contributed by atoms with van der Waals surface area (Å²) in [4.78, 5) is 22.1. The molecule has 0 saturated carbocycles. The molecule has 0 aromatic heterocycles. The number of hydrogen-bond acceptors (Lipinski definition) is 4. The largest absolute Gasteiger partial charge is 0.466 e. The summed E-state index contributed by atoms with van der Waals surface area (Å²) < 4.78 is 18.4. The lowest BCUT2D eigenvalue weighted by Crippen LogP contribution is -2.04. The van der Waals surface area contributed by atoms with E-state index in [1.165, 1.54) is 12.1 Å². The number of carbonyl (C=O) groups excluding carboxylic acids is 1. The molecule has 1 aromatic rings. The number of fused-ring (bicyclic) bond motifs is 1. The van der Waals surface area contributed by atoms with Crippen LogP contribution < -0.4 is 0 Å². The van der Waals surface area contributed by atoms with Crippen molar-refractivity contribution in [2.75, 3.05) is 6.61 Å². The van der Waals surface area contributed by atoms with Crippen molar-refractivity contribution >= 4 is 17.2 Å². The van der Waals surface area contributed by atoms with E-state index in [9.17, 15) is 14.1 Å². The summed E-state index contributed by atoms with van der Waals surface area (Å²) in [6, 6.07) is 2.72. The van der Waals surface area contributed by atoms with E-state index in [1.807, 2.05) is 20.8 Å². The highest BCUT2D eigenvalue weighted by Gasteiger charge is 2.23. The van der Waals surface area contributed by atoms with Gasteiger partial charge in [0, 0.05) is 0 Å². The Labute approximate surface area is 124 Å². The number of benzene rings is 1. The Balaban J connectivity index is 0.00000106. The molecule has 5 heteroatoms. The molecular formula is C16H20FNO3. The van der Waals surface area contributed by atoms with Gasteiger partial charge in [-0.25, -0.2) is 4.39 Å². The van der Waals surface area contributed by atoms with Gasteiger partial charge in [-0.15, -0.1) is 4.91 Å². The molecule has 0 atom stereocenters. The van der Waals surface area contributed by atoms with E-state index in [-0.39, 0.29) is 18.1 Å². The molecule has 21 heavy (non-hydrogen) atoms. The minimum atomic E-state index is -0.626. The number of rotatable bonds is 4. The van der Waals surface area contributed by atoms with Crippen molar-refractivity contribution in [2.24, 2.45) is 5.18 Å². The summed E-state index contributed by atoms with van der Waals surface area (Å²) in [5.41, 5.74) is 3.07. The lowest BCUT2D eigenvalue weighted by molar-refractivity contribution is -0.141. The topological polar surface area (TPSA) is 55.7 Å². The Morgan fingerprint density at radius 1 is 1.38 bits per heavy atom. The zero-order chi connectivity index (χ0) is 16.0. The van der Waals surface area contributed by atoms with Gasteiger partial charge in [-0.1, -0.05) is 19.4 Å². The number of allylic oxidation sites excluding steroid dienone is 1. The van der Waals surface area contributed by atoms with Gasteiger partial charge in [0.25, 0.3) is 0 Å². The van der Waals surface area contributed by atoms with Gasteiger partial charge >= 0.3 is 5.97 Å². The van der Waals surface area contributed by atoms with Gasteiger partial charge in [0.05, 0.1) is 13.0 Å². The standard InChI is InChI=1S/C14H14FNO3.C2H6/c1-3-19-14(17)7-10-8(2)4-9-5-12(15)13(16-18)6-11(9)10;1-2/h5-6H,3-4,7H2,1-2H3;1-2H3. The molecule has 4 nitrogen and oxygen atoms in total. The Morgan fingerprint density at radius 3 is 2.62 bits per heavy atom. The van der Waals surface area contributed by atoms with Crippen molar-refractivity contribution in [3.63, 3.8) is 0 Å². The summed E-state index contributed by atoms with van der Waals surface area (Å²) in [5, 5.41) is 2.66. The third-order valence-electron chi connectivity index (χ3n) is 3.19. The molecule has 0 fully saturated rings. The summed E-state index contributed by atoms with van der Waals surface area (Å²) in [5.74, 6) is -0.950. The van der Waals surface area contributed by atoms with Crippen LogP contribution in [0.15, 0.2) is 22.9 Å². The molecule has 1 aliphatic carbocycles. The second kappa shape index (κ2) is 7.67. The molecular weight excluding hydrogens is 273 g/mol. The van der Waals surface area contributed by atoms with Crippen LogP contribution in [0.5, 0.6) is 0 Å².